The molecule has 3 rings (SSSR count). The molecule has 0 aliphatic carbocycles. The van der Waals surface area contributed by atoms with Gasteiger partial charge >= 0.3 is 0 Å². The fourth-order valence-electron chi connectivity index (χ4n) is 4.30. The second-order valence-corrected chi connectivity index (χ2v) is 14.8. The van der Waals surface area contributed by atoms with Crippen LogP contribution in [0.1, 0.15) is 44.8 Å². The predicted molar refractivity (Wildman–Crippen MR) is 144 cm³/mol. The van der Waals surface area contributed by atoms with Gasteiger partial charge in [0, 0.05) is 5.38 Å². The highest BCUT2D eigenvalue weighted by molar-refractivity contribution is 7.09. The van der Waals surface area contributed by atoms with Crippen LogP contribution in [-0.2, 0) is 4.43 Å². The van der Waals surface area contributed by atoms with E-state index in [0.29, 0.717) is 6.42 Å². The fraction of sp³-hybridized carbons (Fsp3) is 0.321. The Labute approximate surface area is 207 Å². The van der Waals surface area contributed by atoms with Gasteiger partial charge in [0.2, 0.25) is 0 Å². The minimum Gasteiger partial charge on any atom is -0.400 e. The lowest BCUT2D eigenvalue weighted by atomic mass is 10.1. The number of benzene rings is 2. The van der Waals surface area contributed by atoms with Gasteiger partial charge in [0.15, 0.2) is 0 Å². The second kappa shape index (κ2) is 11.4. The summed E-state index contributed by atoms with van der Waals surface area (Å²) in [5, 5.41) is 14.4. The van der Waals surface area contributed by atoms with Crippen LogP contribution >= 0.6 is 11.3 Å². The van der Waals surface area contributed by atoms with Crippen molar-refractivity contribution in [3.8, 4) is 0 Å². The third kappa shape index (κ3) is 5.99. The summed E-state index contributed by atoms with van der Waals surface area (Å²) >= 11 is 1.60. The van der Waals surface area contributed by atoms with Crippen molar-refractivity contribution < 1.29 is 13.9 Å². The summed E-state index contributed by atoms with van der Waals surface area (Å²) in [6.07, 6.45) is 3.40. The van der Waals surface area contributed by atoms with Crippen LogP contribution in [0.25, 0.3) is 6.08 Å². The van der Waals surface area contributed by atoms with Crippen molar-refractivity contribution in [1.82, 2.24) is 4.98 Å². The number of rotatable bonds is 9. The molecular weight excluding hydrogens is 461 g/mol. The molecule has 34 heavy (non-hydrogen) atoms. The van der Waals surface area contributed by atoms with Crippen LogP contribution in [0.2, 0.25) is 5.04 Å². The molecular formula is C28H34FNO2SSi. The van der Waals surface area contributed by atoms with E-state index in [9.17, 15) is 9.50 Å². The molecule has 0 amide bonds. The summed E-state index contributed by atoms with van der Waals surface area (Å²) in [5.41, 5.74) is 1.85. The molecule has 0 radical (unpaired) electrons. The molecule has 0 saturated carbocycles. The highest BCUT2D eigenvalue weighted by Gasteiger charge is 2.51. The third-order valence-corrected chi connectivity index (χ3v) is 11.8. The van der Waals surface area contributed by atoms with Crippen molar-refractivity contribution >= 4 is 36.1 Å². The number of hydrogen-bond donors (Lipinski definition) is 1. The molecule has 1 heterocycles. The molecule has 180 valence electrons. The van der Waals surface area contributed by atoms with Gasteiger partial charge in [-0.2, -0.15) is 0 Å². The van der Waals surface area contributed by atoms with Crippen LogP contribution < -0.4 is 10.4 Å². The number of thiazole rings is 1. The summed E-state index contributed by atoms with van der Waals surface area (Å²) in [7, 11) is -2.84. The number of aryl methyl sites for hydroxylation is 1. The van der Waals surface area contributed by atoms with Gasteiger partial charge in [0.1, 0.15) is 5.83 Å². The summed E-state index contributed by atoms with van der Waals surface area (Å²) in [6.45, 7) is 10.1. The molecule has 2 aromatic carbocycles. The van der Waals surface area contributed by atoms with Gasteiger partial charge < -0.3 is 9.53 Å². The van der Waals surface area contributed by atoms with Gasteiger partial charge in [-0.1, -0.05) is 81.4 Å². The molecule has 1 aromatic heterocycles. The van der Waals surface area contributed by atoms with E-state index in [4.69, 9.17) is 4.43 Å². The quantitative estimate of drug-likeness (QED) is 0.368. The Kier molecular flexibility index (Phi) is 8.76. The summed E-state index contributed by atoms with van der Waals surface area (Å²) in [6, 6.07) is 20.8. The highest BCUT2D eigenvalue weighted by atomic mass is 32.1. The van der Waals surface area contributed by atoms with E-state index in [0.717, 1.165) is 16.3 Å². The minimum absolute atomic E-state index is 0.204. The van der Waals surface area contributed by atoms with E-state index < -0.39 is 20.8 Å². The monoisotopic (exact) mass is 495 g/mol. The van der Waals surface area contributed by atoms with E-state index >= 15 is 0 Å². The van der Waals surface area contributed by atoms with Gasteiger partial charge in [-0.25, -0.2) is 9.37 Å². The molecule has 3 aromatic rings. The number of aliphatic hydroxyl groups is 1. The summed E-state index contributed by atoms with van der Waals surface area (Å²) in [5.74, 6) is -0.548. The molecule has 1 unspecified atom stereocenters. The van der Waals surface area contributed by atoms with Crippen LogP contribution in [0.4, 0.5) is 4.39 Å². The van der Waals surface area contributed by atoms with Crippen LogP contribution in [0.15, 0.2) is 83.5 Å². The first-order valence-corrected chi connectivity index (χ1v) is 14.3. The number of nitrogens with zero attached hydrogens (tertiary/aromatic N) is 1. The number of halogens is 1. The normalized spacial score (nSPS) is 14.3. The van der Waals surface area contributed by atoms with Crippen LogP contribution in [0.5, 0.6) is 0 Å². The van der Waals surface area contributed by atoms with Crippen molar-refractivity contribution in [1.29, 1.82) is 0 Å². The Morgan fingerprint density at radius 3 is 2.09 bits per heavy atom. The first-order valence-electron chi connectivity index (χ1n) is 11.5. The standard InChI is InChI=1S/C28H34FNO2SSi/c1-21(18-24-20-33-22(2)30-24)27(17-16-23(29)19-31)32-34(28(3,4)5,25-12-8-6-9-13-25)26-14-10-7-11-15-26/h6-16,18,20,27,31H,17,19H2,1-5H3. The largest absolute Gasteiger partial charge is 0.400 e. The highest BCUT2D eigenvalue weighted by Crippen LogP contribution is 2.39. The first kappa shape index (κ1) is 26.2. The van der Waals surface area contributed by atoms with Crippen molar-refractivity contribution in [2.24, 2.45) is 0 Å². The van der Waals surface area contributed by atoms with Crippen molar-refractivity contribution in [2.75, 3.05) is 6.61 Å². The lowest BCUT2D eigenvalue weighted by Gasteiger charge is -2.45. The minimum atomic E-state index is -2.84. The van der Waals surface area contributed by atoms with Crippen LogP contribution in [0.3, 0.4) is 0 Å². The average Bonchev–Trinajstić information content (AvgIpc) is 3.23. The Morgan fingerprint density at radius 2 is 1.65 bits per heavy atom. The Bertz CT molecular complexity index is 1080. The zero-order valence-electron chi connectivity index (χ0n) is 20.6. The summed E-state index contributed by atoms with van der Waals surface area (Å²) in [4.78, 5) is 4.57. The SMILES string of the molecule is CC(=Cc1csc(C)n1)C(CC=C(F)CO)O[Si](c1ccccc1)(c1ccccc1)C(C)(C)C. The Balaban J connectivity index is 2.18. The number of aliphatic hydroxyl groups excluding tert-OH is 1. The van der Waals surface area contributed by atoms with E-state index in [1.165, 1.54) is 16.4 Å². The number of aromatic nitrogens is 1. The summed E-state index contributed by atoms with van der Waals surface area (Å²) < 4.78 is 21.3. The average molecular weight is 496 g/mol. The molecule has 6 heteroatoms. The fourth-order valence-corrected chi connectivity index (χ4v) is 9.60. The van der Waals surface area contributed by atoms with Crippen LogP contribution in [0, 0.1) is 6.92 Å². The third-order valence-electron chi connectivity index (χ3n) is 5.96. The van der Waals surface area contributed by atoms with E-state index in [2.05, 4.69) is 74.3 Å². The Hall–Kier alpha value is -2.38. The van der Waals surface area contributed by atoms with E-state index in [-0.39, 0.29) is 11.1 Å². The maximum Gasteiger partial charge on any atom is 0.261 e. The molecule has 0 aliphatic rings. The smallest absolute Gasteiger partial charge is 0.261 e. The van der Waals surface area contributed by atoms with E-state index in [1.807, 2.05) is 37.4 Å². The van der Waals surface area contributed by atoms with Gasteiger partial charge in [0.25, 0.3) is 8.32 Å². The molecule has 0 saturated heterocycles. The maximum absolute atomic E-state index is 14.0. The molecule has 0 bridgehead atoms. The zero-order valence-corrected chi connectivity index (χ0v) is 22.4. The van der Waals surface area contributed by atoms with E-state index in [1.54, 1.807) is 11.3 Å². The van der Waals surface area contributed by atoms with Gasteiger partial charge in [-0.15, -0.1) is 11.3 Å². The van der Waals surface area contributed by atoms with Crippen molar-refractivity contribution in [2.45, 2.75) is 52.2 Å². The lowest BCUT2D eigenvalue weighted by molar-refractivity contribution is 0.223. The van der Waals surface area contributed by atoms with Crippen LogP contribution in [-0.4, -0.2) is 31.1 Å². The Morgan fingerprint density at radius 1 is 1.09 bits per heavy atom. The van der Waals surface area contributed by atoms with Crippen molar-refractivity contribution in [3.63, 3.8) is 0 Å². The van der Waals surface area contributed by atoms with Gasteiger partial charge in [-0.05, 0) is 53.4 Å². The molecule has 0 fully saturated rings. The molecule has 3 nitrogen and oxygen atoms in total. The lowest BCUT2D eigenvalue weighted by Crippen LogP contribution is -2.67. The van der Waals surface area contributed by atoms with Gasteiger partial charge in [-0.3, -0.25) is 0 Å². The maximum atomic E-state index is 14.0. The van der Waals surface area contributed by atoms with Crippen molar-refractivity contribution in [3.05, 3.63) is 94.2 Å². The molecule has 1 N–H and O–H groups in total. The molecule has 0 aliphatic heterocycles. The zero-order chi connectivity index (χ0) is 24.8. The topological polar surface area (TPSA) is 42.4 Å². The number of hydrogen-bond acceptors (Lipinski definition) is 4. The molecule has 0 spiro atoms. The molecule has 1 atom stereocenters. The van der Waals surface area contributed by atoms with Gasteiger partial charge in [0.05, 0.1) is 23.4 Å². The predicted octanol–water partition coefficient (Wildman–Crippen LogP) is 6.04. The second-order valence-electron chi connectivity index (χ2n) is 9.49. The first-order chi connectivity index (χ1) is 16.2.